The summed E-state index contributed by atoms with van der Waals surface area (Å²) in [6, 6.07) is 5.24. The normalized spacial score (nSPS) is 12.6. The molecular weight excluding hydrogens is 334 g/mol. The van der Waals surface area contributed by atoms with E-state index in [-0.39, 0.29) is 23.8 Å². The van der Waals surface area contributed by atoms with Crippen LogP contribution in [0, 0.1) is 13.8 Å². The predicted molar refractivity (Wildman–Crippen MR) is 89.6 cm³/mol. The Labute approximate surface area is 139 Å². The van der Waals surface area contributed by atoms with Crippen LogP contribution in [0.15, 0.2) is 39.7 Å². The summed E-state index contributed by atoms with van der Waals surface area (Å²) in [6.45, 7) is 3.60. The predicted octanol–water partition coefficient (Wildman–Crippen LogP) is 1.50. The topological polar surface area (TPSA) is 80.5 Å². The van der Waals surface area contributed by atoms with E-state index in [1.165, 1.54) is 11.3 Å². The first kappa shape index (κ1) is 17.6. The fraction of sp³-hybridized carbons (Fsp3) is 0.333. The van der Waals surface area contributed by atoms with E-state index in [9.17, 15) is 13.2 Å². The highest BCUT2D eigenvalue weighted by Gasteiger charge is 2.16. The Morgan fingerprint density at radius 1 is 1.35 bits per heavy atom. The summed E-state index contributed by atoms with van der Waals surface area (Å²) in [6.07, 6.45) is 1.82. The van der Waals surface area contributed by atoms with E-state index in [0.717, 1.165) is 5.56 Å². The van der Waals surface area contributed by atoms with Crippen LogP contribution in [0.25, 0.3) is 0 Å². The third-order valence-corrected chi connectivity index (χ3v) is 5.70. The molecule has 1 heterocycles. The van der Waals surface area contributed by atoms with Gasteiger partial charge < -0.3 is 4.57 Å². The second kappa shape index (κ2) is 7.20. The molecule has 1 aromatic heterocycles. The molecule has 0 atom stereocenters. The summed E-state index contributed by atoms with van der Waals surface area (Å²) in [7, 11) is -1.83. The number of rotatable bonds is 5. The smallest absolute Gasteiger partial charge is 0.249 e. The van der Waals surface area contributed by atoms with Gasteiger partial charge in [0.2, 0.25) is 15.9 Å². The van der Waals surface area contributed by atoms with E-state index >= 15 is 0 Å². The molecule has 1 aromatic carbocycles. The van der Waals surface area contributed by atoms with Crippen LogP contribution in [0.5, 0.6) is 0 Å². The second-order valence-electron chi connectivity index (χ2n) is 5.22. The highest BCUT2D eigenvalue weighted by Crippen LogP contribution is 2.16. The van der Waals surface area contributed by atoms with Crippen LogP contribution < -0.4 is 9.52 Å². The van der Waals surface area contributed by atoms with Crippen molar-refractivity contribution in [1.82, 2.24) is 9.29 Å². The van der Waals surface area contributed by atoms with Crippen molar-refractivity contribution < 1.29 is 13.2 Å². The molecule has 0 aliphatic heterocycles. The molecule has 1 amide bonds. The van der Waals surface area contributed by atoms with E-state index < -0.39 is 10.0 Å². The Balaban J connectivity index is 2.02. The lowest BCUT2D eigenvalue weighted by molar-refractivity contribution is -0.117. The van der Waals surface area contributed by atoms with E-state index in [1.54, 1.807) is 36.9 Å². The third kappa shape index (κ3) is 4.60. The second-order valence-corrected chi connectivity index (χ2v) is 7.83. The van der Waals surface area contributed by atoms with E-state index in [2.05, 4.69) is 9.71 Å². The molecule has 0 bridgehead atoms. The van der Waals surface area contributed by atoms with Crippen molar-refractivity contribution in [2.45, 2.75) is 25.2 Å². The number of aryl methyl sites for hydroxylation is 3. The fourth-order valence-electron chi connectivity index (χ4n) is 1.96. The zero-order valence-corrected chi connectivity index (χ0v) is 14.9. The average molecular weight is 353 g/mol. The molecule has 0 saturated carbocycles. The van der Waals surface area contributed by atoms with Gasteiger partial charge in [-0.2, -0.15) is 4.99 Å². The third-order valence-electron chi connectivity index (χ3n) is 3.24. The lowest BCUT2D eigenvalue weighted by atomic mass is 10.2. The largest absolute Gasteiger partial charge is 0.327 e. The number of carbonyl (C=O) groups excluding carboxylic acids is 1. The molecule has 0 aliphatic carbocycles. The van der Waals surface area contributed by atoms with Gasteiger partial charge in [-0.3, -0.25) is 4.79 Å². The van der Waals surface area contributed by atoms with Gasteiger partial charge in [-0.05, 0) is 31.0 Å². The van der Waals surface area contributed by atoms with E-state index in [0.29, 0.717) is 10.4 Å². The Morgan fingerprint density at radius 2 is 2.09 bits per heavy atom. The van der Waals surface area contributed by atoms with Crippen molar-refractivity contribution in [3.8, 4) is 0 Å². The molecule has 0 saturated heterocycles. The molecule has 2 rings (SSSR count). The molecule has 6 nitrogen and oxygen atoms in total. The molecule has 0 radical (unpaired) electrons. The maximum absolute atomic E-state index is 12.3. The lowest BCUT2D eigenvalue weighted by Crippen LogP contribution is -2.27. The van der Waals surface area contributed by atoms with E-state index in [4.69, 9.17) is 0 Å². The maximum atomic E-state index is 12.3. The zero-order valence-electron chi connectivity index (χ0n) is 13.2. The monoisotopic (exact) mass is 353 g/mol. The van der Waals surface area contributed by atoms with Gasteiger partial charge in [0.25, 0.3) is 0 Å². The van der Waals surface area contributed by atoms with Gasteiger partial charge in [-0.25, -0.2) is 13.1 Å². The minimum absolute atomic E-state index is 0.0159. The molecule has 124 valence electrons. The lowest BCUT2D eigenvalue weighted by Gasteiger charge is -2.09. The first-order chi connectivity index (χ1) is 10.8. The van der Waals surface area contributed by atoms with Gasteiger partial charge in [0.15, 0.2) is 4.80 Å². The van der Waals surface area contributed by atoms with Crippen molar-refractivity contribution in [3.05, 3.63) is 45.7 Å². The number of sulfonamides is 1. The average Bonchev–Trinajstić information content (AvgIpc) is 2.86. The molecule has 8 heteroatoms. The van der Waals surface area contributed by atoms with Gasteiger partial charge in [-0.1, -0.05) is 12.1 Å². The van der Waals surface area contributed by atoms with Crippen LogP contribution in [-0.2, 0) is 21.9 Å². The molecule has 0 spiro atoms. The fourth-order valence-corrected chi connectivity index (χ4v) is 4.07. The number of nitrogens with zero attached hydrogens (tertiary/aromatic N) is 2. The Bertz CT molecular complexity index is 879. The number of benzene rings is 1. The quantitative estimate of drug-likeness (QED) is 0.884. The van der Waals surface area contributed by atoms with Crippen LogP contribution in [0.3, 0.4) is 0 Å². The van der Waals surface area contributed by atoms with Gasteiger partial charge in [0, 0.05) is 31.6 Å². The SMILES string of the molecule is Cc1ccc(C)c(S(=O)(=O)NCCC(=O)N=c2sccn2C)c1. The molecular formula is C15H19N3O3S2. The summed E-state index contributed by atoms with van der Waals surface area (Å²) in [5.41, 5.74) is 1.54. The van der Waals surface area contributed by atoms with Gasteiger partial charge in [0.05, 0.1) is 4.90 Å². The number of aromatic nitrogens is 1. The summed E-state index contributed by atoms with van der Waals surface area (Å²) in [5.74, 6) is -0.355. The van der Waals surface area contributed by atoms with Crippen molar-refractivity contribution in [3.63, 3.8) is 0 Å². The van der Waals surface area contributed by atoms with E-state index in [1.807, 2.05) is 18.4 Å². The van der Waals surface area contributed by atoms with Gasteiger partial charge in [-0.15, -0.1) is 11.3 Å². The highest BCUT2D eigenvalue weighted by molar-refractivity contribution is 7.89. The van der Waals surface area contributed by atoms with Crippen LogP contribution in [-0.4, -0.2) is 25.4 Å². The Hall–Kier alpha value is -1.77. The first-order valence-electron chi connectivity index (χ1n) is 7.04. The molecule has 23 heavy (non-hydrogen) atoms. The first-order valence-corrected chi connectivity index (χ1v) is 9.40. The standard InChI is InChI=1S/C15H19N3O3S2/c1-11-4-5-12(2)13(10-11)23(20,21)16-7-6-14(19)17-15-18(3)8-9-22-15/h4-5,8-10,16H,6-7H2,1-3H3. The van der Waals surface area contributed by atoms with Crippen molar-refractivity contribution >= 4 is 27.3 Å². The molecule has 2 aromatic rings. The van der Waals surface area contributed by atoms with Gasteiger partial charge >= 0.3 is 0 Å². The van der Waals surface area contributed by atoms with Crippen LogP contribution in [0.2, 0.25) is 0 Å². The number of nitrogens with one attached hydrogen (secondary N) is 1. The number of amides is 1. The summed E-state index contributed by atoms with van der Waals surface area (Å²) in [5, 5.41) is 1.83. The molecule has 0 unspecified atom stereocenters. The highest BCUT2D eigenvalue weighted by atomic mass is 32.2. The molecule has 0 aliphatic rings. The molecule has 0 fully saturated rings. The zero-order chi connectivity index (χ0) is 17.0. The van der Waals surface area contributed by atoms with Gasteiger partial charge in [0.1, 0.15) is 0 Å². The Morgan fingerprint density at radius 3 is 2.74 bits per heavy atom. The number of hydrogen-bond donors (Lipinski definition) is 1. The van der Waals surface area contributed by atoms with Crippen molar-refractivity contribution in [2.24, 2.45) is 12.0 Å². The number of carbonyl (C=O) groups is 1. The van der Waals surface area contributed by atoms with Crippen molar-refractivity contribution in [2.75, 3.05) is 6.54 Å². The summed E-state index contributed by atoms with van der Waals surface area (Å²) in [4.78, 5) is 16.6. The van der Waals surface area contributed by atoms with Crippen LogP contribution in [0.1, 0.15) is 17.5 Å². The molecule has 1 N–H and O–H groups in total. The number of thiazole rings is 1. The number of hydrogen-bond acceptors (Lipinski definition) is 4. The Kier molecular flexibility index (Phi) is 5.51. The van der Waals surface area contributed by atoms with Crippen molar-refractivity contribution in [1.29, 1.82) is 0 Å². The maximum Gasteiger partial charge on any atom is 0.249 e. The summed E-state index contributed by atoms with van der Waals surface area (Å²) < 4.78 is 28.8. The minimum Gasteiger partial charge on any atom is -0.327 e. The van der Waals surface area contributed by atoms with Crippen LogP contribution >= 0.6 is 11.3 Å². The van der Waals surface area contributed by atoms with Crippen LogP contribution in [0.4, 0.5) is 0 Å². The minimum atomic E-state index is -3.63. The summed E-state index contributed by atoms with van der Waals surface area (Å²) >= 11 is 1.35.